The number of nitrogens with one attached hydrogen (secondary N) is 1. The van der Waals surface area contributed by atoms with E-state index in [0.717, 1.165) is 54.1 Å². The van der Waals surface area contributed by atoms with E-state index < -0.39 is 0 Å². The second-order valence-corrected chi connectivity index (χ2v) is 8.63. The van der Waals surface area contributed by atoms with E-state index in [2.05, 4.69) is 11.4 Å². The summed E-state index contributed by atoms with van der Waals surface area (Å²) in [6.07, 6.45) is 6.44. The predicted molar refractivity (Wildman–Crippen MR) is 113 cm³/mol. The summed E-state index contributed by atoms with van der Waals surface area (Å²) in [5.74, 6) is 2.22. The second-order valence-electron chi connectivity index (χ2n) is 8.63. The van der Waals surface area contributed by atoms with E-state index in [9.17, 15) is 9.59 Å². The average molecular weight is 395 g/mol. The van der Waals surface area contributed by atoms with E-state index in [1.165, 1.54) is 19.3 Å². The van der Waals surface area contributed by atoms with E-state index in [4.69, 9.17) is 4.42 Å². The molecule has 1 fully saturated rings. The first-order valence-electron chi connectivity index (χ1n) is 10.8. The first kappa shape index (κ1) is 19.7. The van der Waals surface area contributed by atoms with E-state index in [1.54, 1.807) is 0 Å². The van der Waals surface area contributed by atoms with Gasteiger partial charge >= 0.3 is 0 Å². The predicted octanol–water partition coefficient (Wildman–Crippen LogP) is 5.01. The number of nitrogens with zero attached hydrogens (tertiary/aromatic N) is 1. The number of amides is 2. The molecule has 5 heteroatoms. The first-order valence-corrected chi connectivity index (χ1v) is 10.8. The van der Waals surface area contributed by atoms with Crippen molar-refractivity contribution in [3.05, 3.63) is 41.7 Å². The minimum absolute atomic E-state index is 0.00208. The van der Waals surface area contributed by atoms with Gasteiger partial charge in [-0.1, -0.05) is 45.2 Å². The molecule has 2 heterocycles. The van der Waals surface area contributed by atoms with Gasteiger partial charge in [0.05, 0.1) is 0 Å². The molecule has 4 rings (SSSR count). The second kappa shape index (κ2) is 8.44. The molecular formula is C24H30N2O3. The maximum atomic E-state index is 12.9. The van der Waals surface area contributed by atoms with Crippen LogP contribution in [0.3, 0.4) is 0 Å². The largest absolute Gasteiger partial charge is 0.461 e. The molecule has 0 spiro atoms. The van der Waals surface area contributed by atoms with Crippen molar-refractivity contribution in [1.29, 1.82) is 0 Å². The lowest BCUT2D eigenvalue weighted by Crippen LogP contribution is -2.40. The number of fused-ring (bicyclic) bond motifs is 1. The number of carbonyl (C=O) groups is 2. The molecule has 154 valence electrons. The summed E-state index contributed by atoms with van der Waals surface area (Å²) in [5.41, 5.74) is 2.81. The van der Waals surface area contributed by atoms with Crippen LogP contribution in [0.4, 0.5) is 5.69 Å². The lowest BCUT2D eigenvalue weighted by atomic mass is 9.88. The summed E-state index contributed by atoms with van der Waals surface area (Å²) in [7, 11) is 0. The standard InChI is InChI=1S/C24H30N2O3/c1-16(2)23(27)25-20-10-6-9-18(13-20)22-14-19-15-26(12-11-21(19)29-22)24(28)17-7-4-3-5-8-17/h6,9-10,13-14,16-17H,3-5,7-8,11-12,15H2,1-2H3,(H,25,27). The Morgan fingerprint density at radius 3 is 2.69 bits per heavy atom. The Morgan fingerprint density at radius 2 is 1.93 bits per heavy atom. The van der Waals surface area contributed by atoms with Gasteiger partial charge in [-0.15, -0.1) is 0 Å². The van der Waals surface area contributed by atoms with Crippen molar-refractivity contribution >= 4 is 17.5 Å². The van der Waals surface area contributed by atoms with Crippen LogP contribution in [-0.2, 0) is 22.6 Å². The van der Waals surface area contributed by atoms with E-state index in [1.807, 2.05) is 43.0 Å². The van der Waals surface area contributed by atoms with Crippen LogP contribution in [0.2, 0.25) is 0 Å². The smallest absolute Gasteiger partial charge is 0.226 e. The highest BCUT2D eigenvalue weighted by Gasteiger charge is 2.30. The summed E-state index contributed by atoms with van der Waals surface area (Å²) >= 11 is 0. The van der Waals surface area contributed by atoms with Crippen molar-refractivity contribution in [1.82, 2.24) is 4.90 Å². The lowest BCUT2D eigenvalue weighted by Gasteiger charge is -2.31. The zero-order valence-electron chi connectivity index (χ0n) is 17.4. The van der Waals surface area contributed by atoms with Crippen molar-refractivity contribution in [3.63, 3.8) is 0 Å². The molecule has 0 bridgehead atoms. The average Bonchev–Trinajstić information content (AvgIpc) is 3.17. The Balaban J connectivity index is 1.48. The van der Waals surface area contributed by atoms with Crippen LogP contribution in [0.15, 0.2) is 34.7 Å². The molecule has 1 aliphatic heterocycles. The molecule has 2 aliphatic rings. The maximum Gasteiger partial charge on any atom is 0.226 e. The zero-order valence-corrected chi connectivity index (χ0v) is 17.4. The summed E-state index contributed by atoms with van der Waals surface area (Å²) in [6.45, 7) is 5.12. The molecule has 1 aromatic heterocycles. The molecule has 1 N–H and O–H groups in total. The number of carbonyl (C=O) groups excluding carboxylic acids is 2. The molecule has 0 unspecified atom stereocenters. The Kier molecular flexibility index (Phi) is 5.74. The highest BCUT2D eigenvalue weighted by atomic mass is 16.3. The molecule has 0 radical (unpaired) electrons. The van der Waals surface area contributed by atoms with Crippen LogP contribution in [-0.4, -0.2) is 23.3 Å². The van der Waals surface area contributed by atoms with Crippen LogP contribution in [0.1, 0.15) is 57.3 Å². The van der Waals surface area contributed by atoms with E-state index >= 15 is 0 Å². The molecule has 0 atom stereocenters. The topological polar surface area (TPSA) is 62.6 Å². The van der Waals surface area contributed by atoms with Gasteiger partial charge in [0.1, 0.15) is 11.5 Å². The van der Waals surface area contributed by atoms with Gasteiger partial charge in [-0.25, -0.2) is 0 Å². The molecule has 2 amide bonds. The number of hydrogen-bond acceptors (Lipinski definition) is 3. The monoisotopic (exact) mass is 394 g/mol. The number of anilines is 1. The van der Waals surface area contributed by atoms with Crippen LogP contribution >= 0.6 is 0 Å². The third-order valence-electron chi connectivity index (χ3n) is 6.07. The fourth-order valence-electron chi connectivity index (χ4n) is 4.31. The van der Waals surface area contributed by atoms with Gasteiger partial charge in [-0.05, 0) is 31.0 Å². The Morgan fingerprint density at radius 1 is 1.14 bits per heavy atom. The molecule has 1 saturated carbocycles. The van der Waals surface area contributed by atoms with Crippen LogP contribution < -0.4 is 5.32 Å². The number of benzene rings is 1. The van der Waals surface area contributed by atoms with Crippen molar-refractivity contribution in [2.45, 2.75) is 58.9 Å². The summed E-state index contributed by atoms with van der Waals surface area (Å²) in [5, 5.41) is 2.94. The van der Waals surface area contributed by atoms with Crippen molar-refractivity contribution in [3.8, 4) is 11.3 Å². The third kappa shape index (κ3) is 4.39. The van der Waals surface area contributed by atoms with Gasteiger partial charge in [0.2, 0.25) is 11.8 Å². The van der Waals surface area contributed by atoms with Gasteiger partial charge in [0, 0.05) is 48.2 Å². The molecular weight excluding hydrogens is 364 g/mol. The van der Waals surface area contributed by atoms with Crippen LogP contribution in [0.25, 0.3) is 11.3 Å². The van der Waals surface area contributed by atoms with Crippen molar-refractivity contribution in [2.75, 3.05) is 11.9 Å². The minimum atomic E-state index is -0.0673. The van der Waals surface area contributed by atoms with Gasteiger partial charge in [-0.3, -0.25) is 9.59 Å². The van der Waals surface area contributed by atoms with Crippen LogP contribution in [0, 0.1) is 11.8 Å². The SMILES string of the molecule is CC(C)C(=O)Nc1cccc(-c2cc3c(o2)CCN(C(=O)C2CCCCC2)C3)c1. The summed E-state index contributed by atoms with van der Waals surface area (Å²) in [4.78, 5) is 26.9. The highest BCUT2D eigenvalue weighted by Crippen LogP contribution is 2.33. The fraction of sp³-hybridized carbons (Fsp3) is 0.500. The van der Waals surface area contributed by atoms with Crippen LogP contribution in [0.5, 0.6) is 0 Å². The molecule has 5 nitrogen and oxygen atoms in total. The summed E-state index contributed by atoms with van der Waals surface area (Å²) in [6, 6.07) is 9.79. The highest BCUT2D eigenvalue weighted by molar-refractivity contribution is 5.92. The lowest BCUT2D eigenvalue weighted by molar-refractivity contribution is -0.137. The molecule has 2 aromatic rings. The van der Waals surface area contributed by atoms with E-state index in [0.29, 0.717) is 12.5 Å². The summed E-state index contributed by atoms with van der Waals surface area (Å²) < 4.78 is 6.12. The normalized spacial score (nSPS) is 17.3. The van der Waals surface area contributed by atoms with Crippen molar-refractivity contribution < 1.29 is 14.0 Å². The number of rotatable bonds is 4. The number of hydrogen-bond donors (Lipinski definition) is 1. The van der Waals surface area contributed by atoms with Gasteiger partial charge in [0.25, 0.3) is 0 Å². The molecule has 29 heavy (non-hydrogen) atoms. The number of furan rings is 1. The third-order valence-corrected chi connectivity index (χ3v) is 6.07. The van der Waals surface area contributed by atoms with Gasteiger partial charge in [0.15, 0.2) is 0 Å². The molecule has 1 aromatic carbocycles. The Bertz CT molecular complexity index is 893. The molecule has 1 aliphatic carbocycles. The van der Waals surface area contributed by atoms with E-state index in [-0.39, 0.29) is 17.7 Å². The quantitative estimate of drug-likeness (QED) is 0.793. The Hall–Kier alpha value is -2.56. The van der Waals surface area contributed by atoms with Gasteiger partial charge < -0.3 is 14.6 Å². The first-order chi connectivity index (χ1) is 14.0. The van der Waals surface area contributed by atoms with Crippen molar-refractivity contribution in [2.24, 2.45) is 11.8 Å². The van der Waals surface area contributed by atoms with Gasteiger partial charge in [-0.2, -0.15) is 0 Å². The fourth-order valence-corrected chi connectivity index (χ4v) is 4.31. The Labute approximate surface area is 172 Å². The minimum Gasteiger partial charge on any atom is -0.461 e. The maximum absolute atomic E-state index is 12.9. The molecule has 0 saturated heterocycles. The zero-order chi connectivity index (χ0) is 20.4.